The molecular formula is C13H20ClNO. The summed E-state index contributed by atoms with van der Waals surface area (Å²) >= 11 is 0. The van der Waals surface area contributed by atoms with Gasteiger partial charge in [0.05, 0.1) is 0 Å². The Balaban J connectivity index is 0.00000128. The highest BCUT2D eigenvalue weighted by atomic mass is 35.5. The molecule has 0 radical (unpaired) electrons. The molecule has 1 unspecified atom stereocenters. The number of nitrogens with two attached hydrogens (primary N) is 1. The van der Waals surface area contributed by atoms with Crippen LogP contribution in [0.2, 0.25) is 0 Å². The van der Waals surface area contributed by atoms with Gasteiger partial charge >= 0.3 is 0 Å². The summed E-state index contributed by atoms with van der Waals surface area (Å²) in [4.78, 5) is 0. The van der Waals surface area contributed by atoms with Crippen LogP contribution >= 0.6 is 12.4 Å². The van der Waals surface area contributed by atoms with E-state index in [1.54, 1.807) is 0 Å². The van der Waals surface area contributed by atoms with Crippen molar-refractivity contribution in [3.8, 4) is 5.75 Å². The van der Waals surface area contributed by atoms with E-state index in [-0.39, 0.29) is 18.4 Å². The molecule has 0 aromatic heterocycles. The van der Waals surface area contributed by atoms with Crippen molar-refractivity contribution in [3.63, 3.8) is 0 Å². The predicted molar refractivity (Wildman–Crippen MR) is 69.4 cm³/mol. The summed E-state index contributed by atoms with van der Waals surface area (Å²) in [5.41, 5.74) is 8.39. The zero-order valence-corrected chi connectivity index (χ0v) is 10.7. The quantitative estimate of drug-likeness (QED) is 0.880. The second kappa shape index (κ2) is 5.55. The predicted octanol–water partition coefficient (Wildman–Crippen LogP) is 2.84. The zero-order chi connectivity index (χ0) is 10.8. The maximum atomic E-state index is 6.00. The molecule has 1 aromatic carbocycles. The van der Waals surface area contributed by atoms with Crippen molar-refractivity contribution in [2.24, 2.45) is 11.7 Å². The van der Waals surface area contributed by atoms with Gasteiger partial charge in [0.1, 0.15) is 12.4 Å². The molecule has 1 saturated carbocycles. The van der Waals surface area contributed by atoms with E-state index in [4.69, 9.17) is 10.5 Å². The molecule has 2 N–H and O–H groups in total. The highest BCUT2D eigenvalue weighted by molar-refractivity contribution is 5.85. The number of aryl methyl sites for hydroxylation is 2. The number of ether oxygens (including phenoxy) is 1. The molecule has 0 amide bonds. The molecule has 90 valence electrons. The van der Waals surface area contributed by atoms with Crippen molar-refractivity contribution in [2.75, 3.05) is 6.61 Å². The topological polar surface area (TPSA) is 35.2 Å². The molecule has 1 fully saturated rings. The number of halogens is 1. The zero-order valence-electron chi connectivity index (χ0n) is 9.90. The molecule has 1 aliphatic carbocycles. The second-order valence-electron chi connectivity index (χ2n) is 4.53. The Labute approximate surface area is 104 Å². The second-order valence-corrected chi connectivity index (χ2v) is 4.53. The van der Waals surface area contributed by atoms with Crippen molar-refractivity contribution >= 4 is 12.4 Å². The lowest BCUT2D eigenvalue weighted by Crippen LogP contribution is -2.30. The van der Waals surface area contributed by atoms with E-state index in [1.165, 1.54) is 24.0 Å². The molecule has 16 heavy (non-hydrogen) atoms. The van der Waals surface area contributed by atoms with Crippen molar-refractivity contribution in [1.82, 2.24) is 0 Å². The van der Waals surface area contributed by atoms with E-state index in [2.05, 4.69) is 32.0 Å². The van der Waals surface area contributed by atoms with Gasteiger partial charge in [-0.2, -0.15) is 0 Å². The third-order valence-electron chi connectivity index (χ3n) is 3.06. The van der Waals surface area contributed by atoms with Gasteiger partial charge in [-0.1, -0.05) is 18.2 Å². The monoisotopic (exact) mass is 241 g/mol. The van der Waals surface area contributed by atoms with E-state index in [0.717, 1.165) is 5.75 Å². The molecule has 1 atom stereocenters. The van der Waals surface area contributed by atoms with E-state index >= 15 is 0 Å². The molecule has 2 nitrogen and oxygen atoms in total. The lowest BCUT2D eigenvalue weighted by molar-refractivity contribution is 0.273. The molecule has 0 bridgehead atoms. The van der Waals surface area contributed by atoms with E-state index in [1.807, 2.05) is 0 Å². The van der Waals surface area contributed by atoms with Gasteiger partial charge in [-0.3, -0.25) is 0 Å². The van der Waals surface area contributed by atoms with Crippen molar-refractivity contribution < 1.29 is 4.74 Å². The van der Waals surface area contributed by atoms with Crippen LogP contribution in [0.3, 0.4) is 0 Å². The van der Waals surface area contributed by atoms with Gasteiger partial charge in [0.25, 0.3) is 0 Å². The standard InChI is InChI=1S/C13H19NO.ClH/c1-9-4-3-5-10(2)13(9)15-8-12(14)11-6-7-11;/h3-5,11-12H,6-8,14H2,1-2H3;1H. The lowest BCUT2D eigenvalue weighted by Gasteiger charge is -2.15. The van der Waals surface area contributed by atoms with Crippen LogP contribution in [0.1, 0.15) is 24.0 Å². The van der Waals surface area contributed by atoms with Gasteiger partial charge in [0.15, 0.2) is 0 Å². The molecule has 0 saturated heterocycles. The Hall–Kier alpha value is -0.730. The van der Waals surface area contributed by atoms with Crippen LogP contribution < -0.4 is 10.5 Å². The van der Waals surface area contributed by atoms with Crippen molar-refractivity contribution in [1.29, 1.82) is 0 Å². The minimum absolute atomic E-state index is 0. The van der Waals surface area contributed by atoms with E-state index in [9.17, 15) is 0 Å². The Kier molecular flexibility index (Phi) is 4.63. The minimum Gasteiger partial charge on any atom is -0.491 e. The van der Waals surface area contributed by atoms with Crippen LogP contribution in [-0.2, 0) is 0 Å². The third kappa shape index (κ3) is 3.13. The SMILES string of the molecule is Cc1cccc(C)c1OCC(N)C1CC1.Cl. The Bertz CT molecular complexity index is 330. The van der Waals surface area contributed by atoms with Crippen LogP contribution in [0.5, 0.6) is 5.75 Å². The fourth-order valence-corrected chi connectivity index (χ4v) is 1.87. The van der Waals surface area contributed by atoms with Crippen LogP contribution in [0.4, 0.5) is 0 Å². The van der Waals surface area contributed by atoms with Gasteiger partial charge < -0.3 is 10.5 Å². The molecular weight excluding hydrogens is 222 g/mol. The summed E-state index contributed by atoms with van der Waals surface area (Å²) < 4.78 is 5.81. The maximum Gasteiger partial charge on any atom is 0.125 e. The summed E-state index contributed by atoms with van der Waals surface area (Å²) in [6.45, 7) is 4.80. The molecule has 0 aliphatic heterocycles. The largest absolute Gasteiger partial charge is 0.491 e. The summed E-state index contributed by atoms with van der Waals surface area (Å²) in [5, 5.41) is 0. The number of hydrogen-bond acceptors (Lipinski definition) is 2. The summed E-state index contributed by atoms with van der Waals surface area (Å²) in [7, 11) is 0. The van der Waals surface area contributed by atoms with Crippen LogP contribution in [0.25, 0.3) is 0 Å². The smallest absolute Gasteiger partial charge is 0.125 e. The van der Waals surface area contributed by atoms with Crippen LogP contribution in [0, 0.1) is 19.8 Å². The van der Waals surface area contributed by atoms with E-state index in [0.29, 0.717) is 12.5 Å². The van der Waals surface area contributed by atoms with Crippen LogP contribution in [-0.4, -0.2) is 12.6 Å². The van der Waals surface area contributed by atoms with Gasteiger partial charge in [-0.15, -0.1) is 12.4 Å². The first-order valence-electron chi connectivity index (χ1n) is 5.63. The first-order chi connectivity index (χ1) is 7.18. The molecule has 3 heteroatoms. The highest BCUT2D eigenvalue weighted by Crippen LogP contribution is 2.32. The van der Waals surface area contributed by atoms with Gasteiger partial charge in [-0.25, -0.2) is 0 Å². The van der Waals surface area contributed by atoms with Gasteiger partial charge in [-0.05, 0) is 43.7 Å². The fourth-order valence-electron chi connectivity index (χ4n) is 1.87. The van der Waals surface area contributed by atoms with Gasteiger partial charge in [0.2, 0.25) is 0 Å². The first kappa shape index (κ1) is 13.3. The normalized spacial score (nSPS) is 16.4. The Morgan fingerprint density at radius 3 is 2.38 bits per heavy atom. The first-order valence-corrected chi connectivity index (χ1v) is 5.63. The average Bonchev–Trinajstić information content (AvgIpc) is 2.99. The Morgan fingerprint density at radius 1 is 1.31 bits per heavy atom. The highest BCUT2D eigenvalue weighted by Gasteiger charge is 2.28. The third-order valence-corrected chi connectivity index (χ3v) is 3.06. The van der Waals surface area contributed by atoms with Crippen molar-refractivity contribution in [3.05, 3.63) is 29.3 Å². The molecule has 1 aliphatic rings. The van der Waals surface area contributed by atoms with Crippen molar-refractivity contribution in [2.45, 2.75) is 32.7 Å². The number of rotatable bonds is 4. The van der Waals surface area contributed by atoms with E-state index < -0.39 is 0 Å². The lowest BCUT2D eigenvalue weighted by atomic mass is 10.1. The minimum atomic E-state index is 0. The maximum absolute atomic E-state index is 6.00. The molecule has 2 rings (SSSR count). The van der Waals surface area contributed by atoms with Crippen LogP contribution in [0.15, 0.2) is 18.2 Å². The number of para-hydroxylation sites is 1. The molecule has 0 heterocycles. The number of benzene rings is 1. The summed E-state index contributed by atoms with van der Waals surface area (Å²) in [5.74, 6) is 1.71. The Morgan fingerprint density at radius 2 is 1.88 bits per heavy atom. The molecule has 1 aromatic rings. The fraction of sp³-hybridized carbons (Fsp3) is 0.538. The number of hydrogen-bond donors (Lipinski definition) is 1. The molecule has 0 spiro atoms. The average molecular weight is 242 g/mol. The summed E-state index contributed by atoms with van der Waals surface area (Å²) in [6, 6.07) is 6.41. The van der Waals surface area contributed by atoms with Gasteiger partial charge in [0, 0.05) is 6.04 Å². The summed E-state index contributed by atoms with van der Waals surface area (Å²) in [6.07, 6.45) is 2.55.